The van der Waals surface area contributed by atoms with Gasteiger partial charge in [0.15, 0.2) is 0 Å². The minimum absolute atomic E-state index is 0.0887. The van der Waals surface area contributed by atoms with E-state index in [2.05, 4.69) is 32.7 Å². The molecule has 3 rings (SSSR count). The SMILES string of the molecule is CC(NC(=O)c1cnc(NCCc2ccccc2)cn1)c1ccccc1. The number of carbonyl (C=O) groups is 1. The molecule has 0 saturated heterocycles. The zero-order chi connectivity index (χ0) is 18.2. The van der Waals surface area contributed by atoms with Gasteiger partial charge in [-0.2, -0.15) is 0 Å². The summed E-state index contributed by atoms with van der Waals surface area (Å²) in [6.45, 7) is 2.70. The van der Waals surface area contributed by atoms with Gasteiger partial charge in [-0.25, -0.2) is 9.97 Å². The van der Waals surface area contributed by atoms with Crippen molar-refractivity contribution in [3.63, 3.8) is 0 Å². The van der Waals surface area contributed by atoms with E-state index in [0.29, 0.717) is 11.5 Å². The van der Waals surface area contributed by atoms with E-state index in [0.717, 1.165) is 18.5 Å². The number of nitrogens with zero attached hydrogens (tertiary/aromatic N) is 2. The average Bonchev–Trinajstić information content (AvgIpc) is 2.70. The molecule has 3 aromatic rings. The third-order valence-corrected chi connectivity index (χ3v) is 4.09. The molecule has 0 aliphatic heterocycles. The Morgan fingerprint density at radius 1 is 0.962 bits per heavy atom. The molecule has 0 bridgehead atoms. The number of carbonyl (C=O) groups excluding carboxylic acids is 1. The maximum Gasteiger partial charge on any atom is 0.271 e. The molecule has 5 nitrogen and oxygen atoms in total. The van der Waals surface area contributed by atoms with Crippen molar-refractivity contribution in [3.8, 4) is 0 Å². The van der Waals surface area contributed by atoms with Gasteiger partial charge < -0.3 is 10.6 Å². The third kappa shape index (κ3) is 4.89. The maximum absolute atomic E-state index is 12.3. The van der Waals surface area contributed by atoms with E-state index in [1.165, 1.54) is 11.8 Å². The Balaban J connectivity index is 1.51. The number of hydrogen-bond acceptors (Lipinski definition) is 4. The topological polar surface area (TPSA) is 66.9 Å². The maximum atomic E-state index is 12.3. The molecule has 2 N–H and O–H groups in total. The molecule has 0 aliphatic carbocycles. The first-order chi connectivity index (χ1) is 12.7. The number of benzene rings is 2. The zero-order valence-electron chi connectivity index (χ0n) is 14.7. The standard InChI is InChI=1S/C21H22N4O/c1-16(18-10-6-3-7-11-18)25-21(26)19-14-24-20(15-23-19)22-13-12-17-8-4-2-5-9-17/h2-11,14-16H,12-13H2,1H3,(H,22,24)(H,25,26). The van der Waals surface area contributed by atoms with Crippen LogP contribution in [0.15, 0.2) is 73.1 Å². The highest BCUT2D eigenvalue weighted by atomic mass is 16.1. The number of amides is 1. The Morgan fingerprint density at radius 2 is 1.65 bits per heavy atom. The van der Waals surface area contributed by atoms with Crippen LogP contribution >= 0.6 is 0 Å². The predicted molar refractivity (Wildman–Crippen MR) is 103 cm³/mol. The van der Waals surface area contributed by atoms with Crippen molar-refractivity contribution < 1.29 is 4.79 Å². The number of hydrogen-bond donors (Lipinski definition) is 2. The van der Waals surface area contributed by atoms with E-state index in [1.54, 1.807) is 6.20 Å². The van der Waals surface area contributed by atoms with Crippen LogP contribution in [0.25, 0.3) is 0 Å². The van der Waals surface area contributed by atoms with Crippen LogP contribution in [0.2, 0.25) is 0 Å². The summed E-state index contributed by atoms with van der Waals surface area (Å²) in [5.41, 5.74) is 2.62. The lowest BCUT2D eigenvalue weighted by Gasteiger charge is -2.14. The molecule has 1 unspecified atom stereocenters. The first kappa shape index (κ1) is 17.6. The lowest BCUT2D eigenvalue weighted by molar-refractivity contribution is 0.0934. The molecule has 0 spiro atoms. The van der Waals surface area contributed by atoms with Gasteiger partial charge >= 0.3 is 0 Å². The molecule has 1 heterocycles. The second kappa shape index (κ2) is 8.76. The first-order valence-corrected chi connectivity index (χ1v) is 8.68. The molecule has 1 aromatic heterocycles. The summed E-state index contributed by atoms with van der Waals surface area (Å²) in [5.74, 6) is 0.429. The van der Waals surface area contributed by atoms with Crippen LogP contribution in [0.3, 0.4) is 0 Å². The van der Waals surface area contributed by atoms with Crippen LogP contribution < -0.4 is 10.6 Å². The molecule has 0 fully saturated rings. The predicted octanol–water partition coefficient (Wildman–Crippen LogP) is 3.62. The van der Waals surface area contributed by atoms with Crippen molar-refractivity contribution >= 4 is 11.7 Å². The molecule has 0 radical (unpaired) electrons. The van der Waals surface area contributed by atoms with Gasteiger partial charge in [-0.1, -0.05) is 60.7 Å². The van der Waals surface area contributed by atoms with Crippen LogP contribution in [0.4, 0.5) is 5.82 Å². The molecule has 2 aromatic carbocycles. The summed E-state index contributed by atoms with van der Waals surface area (Å²) in [7, 11) is 0. The van der Waals surface area contributed by atoms with Crippen molar-refractivity contribution in [3.05, 3.63) is 89.9 Å². The highest BCUT2D eigenvalue weighted by molar-refractivity contribution is 5.92. The zero-order valence-corrected chi connectivity index (χ0v) is 14.7. The summed E-state index contributed by atoms with van der Waals surface area (Å²) < 4.78 is 0. The van der Waals surface area contributed by atoms with Crippen LogP contribution in [0.5, 0.6) is 0 Å². The van der Waals surface area contributed by atoms with E-state index < -0.39 is 0 Å². The van der Waals surface area contributed by atoms with Gasteiger partial charge in [-0.05, 0) is 24.5 Å². The van der Waals surface area contributed by atoms with Gasteiger partial charge in [0.1, 0.15) is 11.5 Å². The van der Waals surface area contributed by atoms with Gasteiger partial charge in [-0.15, -0.1) is 0 Å². The monoisotopic (exact) mass is 346 g/mol. The van der Waals surface area contributed by atoms with Gasteiger partial charge in [0.05, 0.1) is 18.4 Å². The molecule has 1 atom stereocenters. The van der Waals surface area contributed by atoms with E-state index in [-0.39, 0.29) is 11.9 Å². The van der Waals surface area contributed by atoms with Crippen LogP contribution in [-0.4, -0.2) is 22.4 Å². The molecule has 1 amide bonds. The Kier molecular flexibility index (Phi) is 5.93. The second-order valence-electron chi connectivity index (χ2n) is 6.06. The minimum atomic E-state index is -0.232. The van der Waals surface area contributed by atoms with E-state index in [4.69, 9.17) is 0 Å². The molecular formula is C21H22N4O. The summed E-state index contributed by atoms with van der Waals surface area (Å²) in [4.78, 5) is 20.8. The summed E-state index contributed by atoms with van der Waals surface area (Å²) in [6.07, 6.45) is 3.99. The molecule has 5 heteroatoms. The van der Waals surface area contributed by atoms with E-state index in [1.807, 2.05) is 55.5 Å². The fourth-order valence-electron chi connectivity index (χ4n) is 2.61. The van der Waals surface area contributed by atoms with Crippen LogP contribution in [0.1, 0.15) is 34.6 Å². The molecule has 0 aliphatic rings. The number of anilines is 1. The first-order valence-electron chi connectivity index (χ1n) is 8.68. The van der Waals surface area contributed by atoms with E-state index in [9.17, 15) is 4.79 Å². The number of aromatic nitrogens is 2. The van der Waals surface area contributed by atoms with Crippen molar-refractivity contribution in [1.29, 1.82) is 0 Å². The lowest BCUT2D eigenvalue weighted by atomic mass is 10.1. The highest BCUT2D eigenvalue weighted by Crippen LogP contribution is 2.12. The smallest absolute Gasteiger partial charge is 0.271 e. The van der Waals surface area contributed by atoms with Crippen molar-refractivity contribution in [2.45, 2.75) is 19.4 Å². The van der Waals surface area contributed by atoms with Gasteiger partial charge in [0.25, 0.3) is 5.91 Å². The molecule has 132 valence electrons. The van der Waals surface area contributed by atoms with Gasteiger partial charge in [0.2, 0.25) is 0 Å². The average molecular weight is 346 g/mol. The van der Waals surface area contributed by atoms with Gasteiger partial charge in [-0.3, -0.25) is 4.79 Å². The Morgan fingerprint density at radius 3 is 2.31 bits per heavy atom. The van der Waals surface area contributed by atoms with E-state index >= 15 is 0 Å². The van der Waals surface area contributed by atoms with Gasteiger partial charge in [0, 0.05) is 6.54 Å². The van der Waals surface area contributed by atoms with Crippen molar-refractivity contribution in [2.75, 3.05) is 11.9 Å². The molecular weight excluding hydrogens is 324 g/mol. The number of rotatable bonds is 7. The Bertz CT molecular complexity index is 820. The van der Waals surface area contributed by atoms with Crippen LogP contribution in [0, 0.1) is 0 Å². The third-order valence-electron chi connectivity index (χ3n) is 4.09. The van der Waals surface area contributed by atoms with Crippen molar-refractivity contribution in [2.24, 2.45) is 0 Å². The summed E-state index contributed by atoms with van der Waals surface area (Å²) >= 11 is 0. The minimum Gasteiger partial charge on any atom is -0.368 e. The highest BCUT2D eigenvalue weighted by Gasteiger charge is 2.12. The Labute approximate surface area is 153 Å². The van der Waals surface area contributed by atoms with Crippen molar-refractivity contribution in [1.82, 2.24) is 15.3 Å². The summed E-state index contributed by atoms with van der Waals surface area (Å²) in [6, 6.07) is 20.0. The van der Waals surface area contributed by atoms with Crippen LogP contribution in [-0.2, 0) is 6.42 Å². The molecule has 0 saturated carbocycles. The largest absolute Gasteiger partial charge is 0.368 e. The quantitative estimate of drug-likeness (QED) is 0.686. The number of nitrogens with one attached hydrogen (secondary N) is 2. The normalized spacial score (nSPS) is 11.6. The fraction of sp³-hybridized carbons (Fsp3) is 0.190. The fourth-order valence-corrected chi connectivity index (χ4v) is 2.61. The lowest BCUT2D eigenvalue weighted by Crippen LogP contribution is -2.27. The Hall–Kier alpha value is -3.21. The molecule has 26 heavy (non-hydrogen) atoms. The second-order valence-corrected chi connectivity index (χ2v) is 6.06. The summed E-state index contributed by atoms with van der Waals surface area (Å²) in [5, 5.41) is 6.16.